The number of carbonyl (C=O) groups is 2. The zero-order valence-electron chi connectivity index (χ0n) is 14.5. The molecule has 0 unspecified atom stereocenters. The van der Waals surface area contributed by atoms with Crippen LogP contribution in [-0.2, 0) is 9.53 Å². The Kier molecular flexibility index (Phi) is 7.31. The number of ether oxygens (including phenoxy) is 1. The van der Waals surface area contributed by atoms with Crippen molar-refractivity contribution in [1.29, 1.82) is 0 Å². The van der Waals surface area contributed by atoms with Crippen LogP contribution in [0.1, 0.15) is 37.6 Å². The van der Waals surface area contributed by atoms with E-state index < -0.39 is 28.9 Å². The number of amides is 1. The highest BCUT2D eigenvalue weighted by Crippen LogP contribution is 2.23. The first-order valence-electron chi connectivity index (χ1n) is 7.81. The highest BCUT2D eigenvalue weighted by Gasteiger charge is 2.21. The van der Waals surface area contributed by atoms with Crippen molar-refractivity contribution in [2.24, 2.45) is 0 Å². The van der Waals surface area contributed by atoms with Crippen LogP contribution in [-0.4, -0.2) is 47.2 Å². The fraction of sp³-hybridized carbons (Fsp3) is 0.500. The topological polar surface area (TPSA) is 131 Å². The standard InChI is InChI=1S/C16H23N3O6/c1-4-16(2,3)18-14(21)10-25-15(22)12-9-11(19(23)24)5-6-13(12)17-7-8-20/h5-6,9,17,20H,4,7-8,10H2,1-3H3,(H,18,21). The lowest BCUT2D eigenvalue weighted by Crippen LogP contribution is -2.44. The van der Waals surface area contributed by atoms with Crippen molar-refractivity contribution >= 4 is 23.3 Å². The fourth-order valence-corrected chi connectivity index (χ4v) is 1.87. The van der Waals surface area contributed by atoms with Crippen LogP contribution < -0.4 is 10.6 Å². The average molecular weight is 353 g/mol. The minimum absolute atomic E-state index is 0.0785. The van der Waals surface area contributed by atoms with E-state index in [1.54, 1.807) is 0 Å². The zero-order valence-corrected chi connectivity index (χ0v) is 14.5. The van der Waals surface area contributed by atoms with Crippen molar-refractivity contribution in [2.45, 2.75) is 32.7 Å². The second-order valence-electron chi connectivity index (χ2n) is 6.00. The second-order valence-corrected chi connectivity index (χ2v) is 6.00. The Morgan fingerprint density at radius 3 is 2.60 bits per heavy atom. The van der Waals surface area contributed by atoms with Gasteiger partial charge in [0.15, 0.2) is 6.61 Å². The van der Waals surface area contributed by atoms with E-state index in [-0.39, 0.29) is 30.1 Å². The molecule has 1 amide bonds. The van der Waals surface area contributed by atoms with Gasteiger partial charge in [-0.05, 0) is 26.3 Å². The molecule has 0 bridgehead atoms. The molecule has 9 nitrogen and oxygen atoms in total. The molecule has 0 spiro atoms. The number of hydrogen-bond donors (Lipinski definition) is 3. The molecule has 0 radical (unpaired) electrons. The second kappa shape index (κ2) is 8.97. The van der Waals surface area contributed by atoms with Gasteiger partial charge in [-0.1, -0.05) is 6.92 Å². The monoisotopic (exact) mass is 353 g/mol. The molecule has 0 aliphatic heterocycles. The summed E-state index contributed by atoms with van der Waals surface area (Å²) in [5.74, 6) is -1.33. The summed E-state index contributed by atoms with van der Waals surface area (Å²) in [6.45, 7) is 5.07. The molecule has 25 heavy (non-hydrogen) atoms. The first kappa shape index (κ1) is 20.4. The molecular formula is C16H23N3O6. The third-order valence-corrected chi connectivity index (χ3v) is 3.56. The van der Waals surface area contributed by atoms with E-state index in [1.807, 2.05) is 20.8 Å². The van der Waals surface area contributed by atoms with Crippen molar-refractivity contribution in [2.75, 3.05) is 25.1 Å². The Morgan fingerprint density at radius 1 is 1.36 bits per heavy atom. The SMILES string of the molecule is CCC(C)(C)NC(=O)COC(=O)c1cc([N+](=O)[O-])ccc1NCCO. The first-order chi connectivity index (χ1) is 11.7. The summed E-state index contributed by atoms with van der Waals surface area (Å²) in [4.78, 5) is 34.3. The summed E-state index contributed by atoms with van der Waals surface area (Å²) in [5.41, 5.74) is -0.509. The molecule has 0 saturated carbocycles. The van der Waals surface area contributed by atoms with Gasteiger partial charge in [-0.15, -0.1) is 0 Å². The summed E-state index contributed by atoms with van der Waals surface area (Å²) in [6, 6.07) is 3.65. The van der Waals surface area contributed by atoms with Crippen molar-refractivity contribution in [1.82, 2.24) is 5.32 Å². The lowest BCUT2D eigenvalue weighted by Gasteiger charge is -2.24. The molecule has 0 aromatic heterocycles. The van der Waals surface area contributed by atoms with Gasteiger partial charge in [-0.3, -0.25) is 14.9 Å². The number of hydrogen-bond acceptors (Lipinski definition) is 7. The number of aliphatic hydroxyl groups is 1. The molecule has 0 heterocycles. The Balaban J connectivity index is 2.86. The number of esters is 1. The van der Waals surface area contributed by atoms with Crippen molar-refractivity contribution in [3.8, 4) is 0 Å². The number of nitro benzene ring substituents is 1. The third kappa shape index (κ3) is 6.38. The highest BCUT2D eigenvalue weighted by atomic mass is 16.6. The predicted octanol–water partition coefficient (Wildman–Crippen LogP) is 1.46. The fourth-order valence-electron chi connectivity index (χ4n) is 1.87. The number of nitrogens with zero attached hydrogens (tertiary/aromatic N) is 1. The van der Waals surface area contributed by atoms with Gasteiger partial charge >= 0.3 is 5.97 Å². The van der Waals surface area contributed by atoms with Gasteiger partial charge in [0.1, 0.15) is 0 Å². The van der Waals surface area contributed by atoms with Crippen LogP contribution in [0.25, 0.3) is 0 Å². The number of carbonyl (C=O) groups excluding carboxylic acids is 2. The van der Waals surface area contributed by atoms with Gasteiger partial charge < -0.3 is 20.5 Å². The van der Waals surface area contributed by atoms with Crippen LogP contribution >= 0.6 is 0 Å². The van der Waals surface area contributed by atoms with E-state index >= 15 is 0 Å². The van der Waals surface area contributed by atoms with E-state index in [0.29, 0.717) is 6.42 Å². The lowest BCUT2D eigenvalue weighted by molar-refractivity contribution is -0.384. The van der Waals surface area contributed by atoms with E-state index in [0.717, 1.165) is 6.07 Å². The highest BCUT2D eigenvalue weighted by molar-refractivity contribution is 5.97. The number of rotatable bonds is 9. The molecule has 3 N–H and O–H groups in total. The van der Waals surface area contributed by atoms with Gasteiger partial charge in [-0.2, -0.15) is 0 Å². The lowest BCUT2D eigenvalue weighted by atomic mass is 10.0. The molecule has 9 heteroatoms. The Bertz CT molecular complexity index is 645. The number of non-ortho nitro benzene ring substituents is 1. The van der Waals surface area contributed by atoms with Gasteiger partial charge in [0.05, 0.1) is 17.1 Å². The van der Waals surface area contributed by atoms with E-state index in [1.165, 1.54) is 12.1 Å². The van der Waals surface area contributed by atoms with Crippen molar-refractivity contribution < 1.29 is 24.4 Å². The molecule has 138 valence electrons. The third-order valence-electron chi connectivity index (χ3n) is 3.56. The normalized spacial score (nSPS) is 10.9. The summed E-state index contributed by atoms with van der Waals surface area (Å²) in [7, 11) is 0. The quantitative estimate of drug-likeness (QED) is 0.348. The average Bonchev–Trinajstić information content (AvgIpc) is 2.57. The Hall–Kier alpha value is -2.68. The van der Waals surface area contributed by atoms with Gasteiger partial charge in [0.25, 0.3) is 11.6 Å². The number of aliphatic hydroxyl groups excluding tert-OH is 1. The summed E-state index contributed by atoms with van der Waals surface area (Å²) < 4.78 is 4.96. The number of anilines is 1. The molecule has 1 aromatic carbocycles. The molecule has 0 atom stereocenters. The number of nitrogens with one attached hydrogen (secondary N) is 2. The molecule has 0 fully saturated rings. The van der Waals surface area contributed by atoms with Crippen LogP contribution in [0.5, 0.6) is 0 Å². The maximum Gasteiger partial charge on any atom is 0.341 e. The Morgan fingerprint density at radius 2 is 2.04 bits per heavy atom. The van der Waals surface area contributed by atoms with Crippen LogP contribution in [0.3, 0.4) is 0 Å². The molecule has 0 aliphatic rings. The van der Waals surface area contributed by atoms with Gasteiger partial charge in [0, 0.05) is 29.9 Å². The zero-order chi connectivity index (χ0) is 19.0. The van der Waals surface area contributed by atoms with E-state index in [4.69, 9.17) is 9.84 Å². The maximum atomic E-state index is 12.2. The smallest absolute Gasteiger partial charge is 0.341 e. The van der Waals surface area contributed by atoms with Crippen LogP contribution in [0, 0.1) is 10.1 Å². The van der Waals surface area contributed by atoms with Gasteiger partial charge in [0.2, 0.25) is 0 Å². The summed E-state index contributed by atoms with van der Waals surface area (Å²) in [5, 5.41) is 25.2. The minimum atomic E-state index is -0.867. The van der Waals surface area contributed by atoms with Crippen LogP contribution in [0.2, 0.25) is 0 Å². The van der Waals surface area contributed by atoms with Gasteiger partial charge in [-0.25, -0.2) is 4.79 Å². The van der Waals surface area contributed by atoms with E-state index in [9.17, 15) is 19.7 Å². The molecule has 0 saturated heterocycles. The maximum absolute atomic E-state index is 12.2. The molecule has 1 aromatic rings. The predicted molar refractivity (Wildman–Crippen MR) is 91.5 cm³/mol. The number of benzene rings is 1. The summed E-state index contributed by atoms with van der Waals surface area (Å²) >= 11 is 0. The molecular weight excluding hydrogens is 330 g/mol. The minimum Gasteiger partial charge on any atom is -0.452 e. The number of nitro groups is 1. The molecule has 1 rings (SSSR count). The molecule has 0 aliphatic carbocycles. The van der Waals surface area contributed by atoms with E-state index in [2.05, 4.69) is 10.6 Å². The first-order valence-corrected chi connectivity index (χ1v) is 7.81. The van der Waals surface area contributed by atoms with Crippen LogP contribution in [0.4, 0.5) is 11.4 Å². The summed E-state index contributed by atoms with van der Waals surface area (Å²) in [6.07, 6.45) is 0.701. The van der Waals surface area contributed by atoms with Crippen LogP contribution in [0.15, 0.2) is 18.2 Å². The van der Waals surface area contributed by atoms with Crippen molar-refractivity contribution in [3.05, 3.63) is 33.9 Å². The Labute approximate surface area is 145 Å². The largest absolute Gasteiger partial charge is 0.452 e. The van der Waals surface area contributed by atoms with Crippen molar-refractivity contribution in [3.63, 3.8) is 0 Å².